The van der Waals surface area contributed by atoms with Crippen molar-refractivity contribution in [2.45, 2.75) is 53.6 Å². The summed E-state index contributed by atoms with van der Waals surface area (Å²) in [7, 11) is 0. The zero-order valence-corrected chi connectivity index (χ0v) is 18.5. The molecule has 3 rings (SSSR count). The molecular formula is C28H30N2+2. The van der Waals surface area contributed by atoms with Gasteiger partial charge >= 0.3 is 0 Å². The monoisotopic (exact) mass is 394 g/mol. The van der Waals surface area contributed by atoms with E-state index in [1.165, 1.54) is 22.3 Å². The zero-order chi connectivity index (χ0) is 21.3. The third-order valence-corrected chi connectivity index (χ3v) is 5.34. The molecule has 3 aromatic rings. The molecule has 2 nitrogen and oxygen atoms in total. The lowest BCUT2D eigenvalue weighted by atomic mass is 10.1. The topological polar surface area (TPSA) is 7.76 Å². The van der Waals surface area contributed by atoms with Crippen LogP contribution in [0, 0.1) is 51.4 Å². The van der Waals surface area contributed by atoms with Crippen molar-refractivity contribution in [3.05, 3.63) is 94.6 Å². The number of aryl methyl sites for hydroxylation is 6. The summed E-state index contributed by atoms with van der Waals surface area (Å²) >= 11 is 0. The van der Waals surface area contributed by atoms with E-state index in [1.54, 1.807) is 0 Å². The van der Waals surface area contributed by atoms with Crippen LogP contribution in [0.25, 0.3) is 0 Å². The highest BCUT2D eigenvalue weighted by molar-refractivity contribution is 5.41. The highest BCUT2D eigenvalue weighted by atomic mass is 14.9. The Hall–Kier alpha value is -3.36. The minimum Gasteiger partial charge on any atom is -0.204 e. The van der Waals surface area contributed by atoms with Gasteiger partial charge in [-0.2, -0.15) is 0 Å². The first kappa shape index (κ1) is 21.4. The molecule has 0 unspecified atom stereocenters. The number of nitrogens with zero attached hydrogens (tertiary/aromatic N) is 2. The highest BCUT2D eigenvalue weighted by Crippen LogP contribution is 2.03. The summed E-state index contributed by atoms with van der Waals surface area (Å²) in [5.74, 6) is 13.0. The molecule has 1 aromatic carbocycles. The minimum atomic E-state index is 0.838. The van der Waals surface area contributed by atoms with Gasteiger partial charge in [0.1, 0.15) is 0 Å². The van der Waals surface area contributed by atoms with Crippen LogP contribution in [0.4, 0.5) is 0 Å². The molecule has 0 aliphatic heterocycles. The van der Waals surface area contributed by atoms with Crippen molar-refractivity contribution in [3.63, 3.8) is 0 Å². The molecular weight excluding hydrogens is 364 g/mol. The average Bonchev–Trinajstić information content (AvgIpc) is 2.74. The van der Waals surface area contributed by atoms with Gasteiger partial charge in [-0.1, -0.05) is 23.7 Å². The van der Waals surface area contributed by atoms with Gasteiger partial charge in [0.2, 0.25) is 0 Å². The van der Waals surface area contributed by atoms with Crippen molar-refractivity contribution < 1.29 is 9.13 Å². The summed E-state index contributed by atoms with van der Waals surface area (Å²) in [6.07, 6.45) is 10.3. The standard InChI is InChI=1S/C28H30N2/c1-23-15-19-29(21-25(23)3)17-7-5-9-27-11-13-28(14-12-27)10-6-8-18-30-20-16-24(2)26(4)22-30/h11-16,19-22H,7-8,17-18H2,1-4H3/q+2. The number of rotatable bonds is 4. The lowest BCUT2D eigenvalue weighted by molar-refractivity contribution is -0.696. The predicted octanol–water partition coefficient (Wildman–Crippen LogP) is 4.38. The van der Waals surface area contributed by atoms with Crippen molar-refractivity contribution in [3.8, 4) is 23.7 Å². The molecule has 0 atom stereocenters. The van der Waals surface area contributed by atoms with E-state index in [9.17, 15) is 0 Å². The Morgan fingerprint density at radius 1 is 0.567 bits per heavy atom. The second-order valence-electron chi connectivity index (χ2n) is 7.78. The molecule has 150 valence electrons. The summed E-state index contributed by atoms with van der Waals surface area (Å²) in [6.45, 7) is 10.4. The Labute approximate surface area is 181 Å². The van der Waals surface area contributed by atoms with Gasteiger partial charge < -0.3 is 0 Å². The van der Waals surface area contributed by atoms with Gasteiger partial charge in [-0.25, -0.2) is 9.13 Å². The Morgan fingerprint density at radius 3 is 1.33 bits per heavy atom. The highest BCUT2D eigenvalue weighted by Gasteiger charge is 2.02. The summed E-state index contributed by atoms with van der Waals surface area (Å²) in [5, 5.41) is 0. The fourth-order valence-corrected chi connectivity index (χ4v) is 3.08. The molecule has 2 heteroatoms. The summed E-state index contributed by atoms with van der Waals surface area (Å²) in [5.41, 5.74) is 7.35. The molecule has 0 saturated carbocycles. The van der Waals surface area contributed by atoms with E-state index >= 15 is 0 Å². The molecule has 0 aliphatic rings. The fourth-order valence-electron chi connectivity index (χ4n) is 3.08. The van der Waals surface area contributed by atoms with Gasteiger partial charge in [-0.3, -0.25) is 0 Å². The van der Waals surface area contributed by atoms with Gasteiger partial charge in [0, 0.05) is 34.4 Å². The molecule has 2 aromatic heterocycles. The first-order chi connectivity index (χ1) is 14.5. The zero-order valence-electron chi connectivity index (χ0n) is 18.5. The number of pyridine rings is 2. The molecule has 0 spiro atoms. The SMILES string of the molecule is Cc1cc[n+](CCC#Cc2ccc(C#CCC[n+]3ccc(C)c(C)c3)cc2)cc1C. The van der Waals surface area contributed by atoms with Crippen LogP contribution in [0.3, 0.4) is 0 Å². The summed E-state index contributed by atoms with van der Waals surface area (Å²) in [4.78, 5) is 0. The van der Waals surface area contributed by atoms with Crippen LogP contribution in [-0.4, -0.2) is 0 Å². The third kappa shape index (κ3) is 6.33. The van der Waals surface area contributed by atoms with E-state index in [-0.39, 0.29) is 0 Å². The Kier molecular flexibility index (Phi) is 7.42. The third-order valence-electron chi connectivity index (χ3n) is 5.34. The maximum Gasteiger partial charge on any atom is 0.171 e. The number of hydrogen-bond acceptors (Lipinski definition) is 0. The van der Waals surface area contributed by atoms with Gasteiger partial charge in [0.05, 0.1) is 12.8 Å². The summed E-state index contributed by atoms with van der Waals surface area (Å²) < 4.78 is 4.40. The molecule has 0 bridgehead atoms. The molecule has 30 heavy (non-hydrogen) atoms. The fraction of sp³-hybridized carbons (Fsp3) is 0.286. The first-order valence-corrected chi connectivity index (χ1v) is 10.5. The number of hydrogen-bond donors (Lipinski definition) is 0. The van der Waals surface area contributed by atoms with Crippen LogP contribution in [0.15, 0.2) is 61.2 Å². The molecule has 0 N–H and O–H groups in total. The predicted molar refractivity (Wildman–Crippen MR) is 122 cm³/mol. The van der Waals surface area contributed by atoms with Gasteiger partial charge in [0.15, 0.2) is 37.9 Å². The van der Waals surface area contributed by atoms with Gasteiger partial charge in [-0.15, -0.1) is 0 Å². The van der Waals surface area contributed by atoms with Crippen LogP contribution in [0.1, 0.15) is 46.2 Å². The number of aromatic nitrogens is 2. The Balaban J connectivity index is 1.48. The van der Waals surface area contributed by atoms with E-state index in [4.69, 9.17) is 0 Å². The first-order valence-electron chi connectivity index (χ1n) is 10.5. The largest absolute Gasteiger partial charge is 0.204 e. The normalized spacial score (nSPS) is 10.0. The van der Waals surface area contributed by atoms with Crippen molar-refractivity contribution in [1.29, 1.82) is 0 Å². The summed E-state index contributed by atoms with van der Waals surface area (Å²) in [6, 6.07) is 12.5. The van der Waals surface area contributed by atoms with E-state index in [1.807, 2.05) is 0 Å². The lowest BCUT2D eigenvalue weighted by Crippen LogP contribution is -2.33. The van der Waals surface area contributed by atoms with E-state index in [0.29, 0.717) is 0 Å². The molecule has 0 aliphatic carbocycles. The number of benzene rings is 1. The van der Waals surface area contributed by atoms with Crippen LogP contribution >= 0.6 is 0 Å². The van der Waals surface area contributed by atoms with Crippen molar-refractivity contribution in [2.75, 3.05) is 0 Å². The van der Waals surface area contributed by atoms with Crippen molar-refractivity contribution >= 4 is 0 Å². The van der Waals surface area contributed by atoms with Crippen LogP contribution in [0.5, 0.6) is 0 Å². The molecule has 2 heterocycles. The smallest absolute Gasteiger partial charge is 0.171 e. The van der Waals surface area contributed by atoms with E-state index < -0.39 is 0 Å². The van der Waals surface area contributed by atoms with E-state index in [2.05, 4.69) is 122 Å². The van der Waals surface area contributed by atoms with Crippen molar-refractivity contribution in [1.82, 2.24) is 0 Å². The molecule has 0 saturated heterocycles. The maximum absolute atomic E-state index is 3.27. The lowest BCUT2D eigenvalue weighted by Gasteiger charge is -1.98. The van der Waals surface area contributed by atoms with Crippen LogP contribution in [0.2, 0.25) is 0 Å². The average molecular weight is 395 g/mol. The van der Waals surface area contributed by atoms with E-state index in [0.717, 1.165) is 37.1 Å². The second kappa shape index (κ2) is 10.4. The van der Waals surface area contributed by atoms with Crippen LogP contribution < -0.4 is 9.13 Å². The van der Waals surface area contributed by atoms with Gasteiger partial charge in [0.25, 0.3) is 0 Å². The molecule has 0 fully saturated rings. The Morgan fingerprint density at radius 2 is 0.967 bits per heavy atom. The second-order valence-corrected chi connectivity index (χ2v) is 7.78. The van der Waals surface area contributed by atoms with Gasteiger partial charge in [-0.05, 0) is 63.1 Å². The minimum absolute atomic E-state index is 0.838. The quantitative estimate of drug-likeness (QED) is 0.458. The maximum atomic E-state index is 3.27. The van der Waals surface area contributed by atoms with Crippen molar-refractivity contribution in [2.24, 2.45) is 0 Å². The Bertz CT molecular complexity index is 1040. The molecule has 0 amide bonds. The molecule has 0 radical (unpaired) electrons. The van der Waals surface area contributed by atoms with Crippen LogP contribution in [-0.2, 0) is 13.1 Å².